The Kier molecular flexibility index (Phi) is 3.42. The van der Waals surface area contributed by atoms with Crippen LogP contribution in [0.25, 0.3) is 0 Å². The molecule has 0 bridgehead atoms. The van der Waals surface area contributed by atoms with E-state index in [2.05, 4.69) is 0 Å². The van der Waals surface area contributed by atoms with Gasteiger partial charge in [0, 0.05) is 12.5 Å². The van der Waals surface area contributed by atoms with Crippen molar-refractivity contribution < 1.29 is 18.3 Å². The molecule has 2 nitrogen and oxygen atoms in total. The zero-order valence-electron chi connectivity index (χ0n) is 7.98. The lowest BCUT2D eigenvalue weighted by atomic mass is 9.79. The van der Waals surface area contributed by atoms with Crippen LogP contribution in [0.5, 0.6) is 0 Å². The summed E-state index contributed by atoms with van der Waals surface area (Å²) < 4.78 is 35.8. The molecule has 3 N–H and O–H groups in total. The molecular formula is C9H16F3NO. The summed E-state index contributed by atoms with van der Waals surface area (Å²) in [5, 5.41) is 9.83. The van der Waals surface area contributed by atoms with Crippen molar-refractivity contribution in [3.05, 3.63) is 0 Å². The number of halogens is 3. The second kappa shape index (κ2) is 4.06. The molecule has 0 spiro atoms. The van der Waals surface area contributed by atoms with Crippen LogP contribution in [0.1, 0.15) is 38.5 Å². The van der Waals surface area contributed by atoms with Gasteiger partial charge in [0.05, 0.1) is 5.60 Å². The Morgan fingerprint density at radius 1 is 1.43 bits per heavy atom. The Bertz CT molecular complexity index is 195. The predicted molar refractivity (Wildman–Crippen MR) is 46.7 cm³/mol. The van der Waals surface area contributed by atoms with Crippen LogP contribution in [-0.2, 0) is 0 Å². The first-order chi connectivity index (χ1) is 6.31. The molecule has 1 rings (SSSR count). The van der Waals surface area contributed by atoms with Gasteiger partial charge >= 0.3 is 6.18 Å². The van der Waals surface area contributed by atoms with Gasteiger partial charge in [-0.15, -0.1) is 0 Å². The van der Waals surface area contributed by atoms with Crippen LogP contribution in [0, 0.1) is 0 Å². The summed E-state index contributed by atoms with van der Waals surface area (Å²) >= 11 is 0. The minimum atomic E-state index is -4.18. The number of hydrogen-bond acceptors (Lipinski definition) is 2. The fourth-order valence-corrected chi connectivity index (χ4v) is 1.99. The van der Waals surface area contributed by atoms with Crippen molar-refractivity contribution in [2.45, 2.75) is 56.3 Å². The summed E-state index contributed by atoms with van der Waals surface area (Å²) in [6, 6.07) is -0.151. The molecule has 0 aliphatic heterocycles. The molecule has 2 unspecified atom stereocenters. The summed E-state index contributed by atoms with van der Waals surface area (Å²) in [5.74, 6) is 0. The van der Waals surface area contributed by atoms with Crippen LogP contribution in [0.3, 0.4) is 0 Å². The number of aliphatic hydroxyl groups is 1. The first-order valence-corrected chi connectivity index (χ1v) is 4.85. The highest BCUT2D eigenvalue weighted by Gasteiger charge is 2.37. The van der Waals surface area contributed by atoms with E-state index in [9.17, 15) is 18.3 Å². The third-order valence-electron chi connectivity index (χ3n) is 2.73. The molecule has 1 aliphatic carbocycles. The Hall–Kier alpha value is -0.290. The molecular weight excluding hydrogens is 195 g/mol. The zero-order chi connectivity index (χ0) is 10.8. The minimum Gasteiger partial charge on any atom is -0.390 e. The summed E-state index contributed by atoms with van der Waals surface area (Å²) in [7, 11) is 0. The number of hydrogen-bond donors (Lipinski definition) is 2. The Labute approximate surface area is 81.3 Å². The number of nitrogens with two attached hydrogens (primary N) is 1. The summed E-state index contributed by atoms with van der Waals surface area (Å²) in [6.07, 6.45) is -3.07. The number of rotatable bonds is 2. The van der Waals surface area contributed by atoms with Crippen molar-refractivity contribution in [3.63, 3.8) is 0 Å². The van der Waals surface area contributed by atoms with Crippen molar-refractivity contribution in [1.29, 1.82) is 0 Å². The van der Waals surface area contributed by atoms with Crippen molar-refractivity contribution in [1.82, 2.24) is 0 Å². The molecule has 14 heavy (non-hydrogen) atoms. The Morgan fingerprint density at radius 3 is 2.57 bits per heavy atom. The van der Waals surface area contributed by atoms with Crippen LogP contribution >= 0.6 is 0 Å². The minimum absolute atomic E-state index is 0.151. The van der Waals surface area contributed by atoms with E-state index in [1.165, 1.54) is 0 Å². The fraction of sp³-hybridized carbons (Fsp3) is 1.00. The van der Waals surface area contributed by atoms with Crippen LogP contribution in [0.2, 0.25) is 0 Å². The van der Waals surface area contributed by atoms with Crippen LogP contribution < -0.4 is 5.73 Å². The molecule has 2 atom stereocenters. The monoisotopic (exact) mass is 211 g/mol. The molecule has 84 valence electrons. The first kappa shape index (κ1) is 11.8. The maximum atomic E-state index is 11.9. The summed E-state index contributed by atoms with van der Waals surface area (Å²) in [5.41, 5.74) is 4.42. The molecule has 0 aromatic heterocycles. The largest absolute Gasteiger partial charge is 0.390 e. The molecule has 0 heterocycles. The van der Waals surface area contributed by atoms with Gasteiger partial charge in [0.25, 0.3) is 0 Å². The second-order valence-corrected chi connectivity index (χ2v) is 4.20. The van der Waals surface area contributed by atoms with Crippen molar-refractivity contribution >= 4 is 0 Å². The van der Waals surface area contributed by atoms with E-state index in [0.717, 1.165) is 12.8 Å². The average Bonchev–Trinajstić information content (AvgIpc) is 1.99. The van der Waals surface area contributed by atoms with Crippen LogP contribution in [0.4, 0.5) is 13.2 Å². The molecule has 1 fully saturated rings. The number of alkyl halides is 3. The van der Waals surface area contributed by atoms with Gasteiger partial charge in [-0.1, -0.05) is 0 Å². The third-order valence-corrected chi connectivity index (χ3v) is 2.73. The highest BCUT2D eigenvalue weighted by Crippen LogP contribution is 2.34. The molecule has 0 aromatic rings. The van der Waals surface area contributed by atoms with Gasteiger partial charge < -0.3 is 10.8 Å². The molecule has 1 saturated carbocycles. The van der Waals surface area contributed by atoms with Gasteiger partial charge in [-0.2, -0.15) is 13.2 Å². The van der Waals surface area contributed by atoms with E-state index in [4.69, 9.17) is 5.73 Å². The van der Waals surface area contributed by atoms with Gasteiger partial charge in [-0.3, -0.25) is 0 Å². The lowest BCUT2D eigenvalue weighted by Crippen LogP contribution is -2.41. The van der Waals surface area contributed by atoms with Gasteiger partial charge in [-0.05, 0) is 32.1 Å². The topological polar surface area (TPSA) is 46.2 Å². The van der Waals surface area contributed by atoms with E-state index in [1.54, 1.807) is 0 Å². The molecule has 5 heteroatoms. The van der Waals surface area contributed by atoms with Gasteiger partial charge in [0.1, 0.15) is 0 Å². The quantitative estimate of drug-likeness (QED) is 0.733. The Morgan fingerprint density at radius 2 is 2.07 bits per heavy atom. The maximum Gasteiger partial charge on any atom is 0.389 e. The van der Waals surface area contributed by atoms with E-state index >= 15 is 0 Å². The molecule has 1 aliphatic rings. The van der Waals surface area contributed by atoms with Gasteiger partial charge in [0.15, 0.2) is 0 Å². The molecule has 0 aromatic carbocycles. The molecule has 0 radical (unpaired) electrons. The van der Waals surface area contributed by atoms with Crippen molar-refractivity contribution in [3.8, 4) is 0 Å². The van der Waals surface area contributed by atoms with Crippen molar-refractivity contribution in [2.24, 2.45) is 5.73 Å². The van der Waals surface area contributed by atoms with E-state index in [-0.39, 0.29) is 12.5 Å². The normalized spacial score (nSPS) is 34.5. The maximum absolute atomic E-state index is 11.9. The lowest BCUT2D eigenvalue weighted by Gasteiger charge is -2.35. The van der Waals surface area contributed by atoms with Crippen LogP contribution in [-0.4, -0.2) is 22.9 Å². The fourth-order valence-electron chi connectivity index (χ4n) is 1.99. The third kappa shape index (κ3) is 3.84. The Balaban J connectivity index is 2.41. The molecule has 0 amide bonds. The van der Waals surface area contributed by atoms with Crippen molar-refractivity contribution in [2.75, 3.05) is 0 Å². The average molecular weight is 211 g/mol. The highest BCUT2D eigenvalue weighted by atomic mass is 19.4. The SMILES string of the molecule is NC1CCCC(O)(CCC(F)(F)F)C1. The van der Waals surface area contributed by atoms with Gasteiger partial charge in [0.2, 0.25) is 0 Å². The van der Waals surface area contributed by atoms with Crippen LogP contribution in [0.15, 0.2) is 0 Å². The summed E-state index contributed by atoms with van der Waals surface area (Å²) in [6.45, 7) is 0. The van der Waals surface area contributed by atoms with E-state index in [0.29, 0.717) is 12.8 Å². The zero-order valence-corrected chi connectivity index (χ0v) is 7.98. The smallest absolute Gasteiger partial charge is 0.389 e. The standard InChI is InChI=1S/C9H16F3NO/c10-9(11,12)5-4-8(14)3-1-2-7(13)6-8/h7,14H,1-6,13H2. The second-order valence-electron chi connectivity index (χ2n) is 4.20. The molecule has 0 saturated heterocycles. The first-order valence-electron chi connectivity index (χ1n) is 4.85. The predicted octanol–water partition coefficient (Wildman–Crippen LogP) is 1.96. The van der Waals surface area contributed by atoms with E-state index < -0.39 is 18.2 Å². The lowest BCUT2D eigenvalue weighted by molar-refractivity contribution is -0.149. The van der Waals surface area contributed by atoms with E-state index in [1.807, 2.05) is 0 Å². The summed E-state index contributed by atoms with van der Waals surface area (Å²) in [4.78, 5) is 0. The van der Waals surface area contributed by atoms with Gasteiger partial charge in [-0.25, -0.2) is 0 Å². The highest BCUT2D eigenvalue weighted by molar-refractivity contribution is 4.88.